The van der Waals surface area contributed by atoms with Gasteiger partial charge in [-0.05, 0) is 12.1 Å². The van der Waals surface area contributed by atoms with Gasteiger partial charge in [-0.25, -0.2) is 5.84 Å². The van der Waals surface area contributed by atoms with Crippen molar-refractivity contribution in [2.75, 3.05) is 0 Å². The fourth-order valence-corrected chi connectivity index (χ4v) is 1.97. The van der Waals surface area contributed by atoms with E-state index >= 15 is 0 Å². The van der Waals surface area contributed by atoms with E-state index in [0.717, 1.165) is 11.6 Å². The van der Waals surface area contributed by atoms with Gasteiger partial charge in [0, 0.05) is 22.7 Å². The number of nitro benzene ring substituents is 1. The molecular weight excluding hydrogens is 310 g/mol. The van der Waals surface area contributed by atoms with E-state index in [4.69, 9.17) is 22.2 Å². The van der Waals surface area contributed by atoms with Gasteiger partial charge in [-0.2, -0.15) is 0 Å². The zero-order valence-electron chi connectivity index (χ0n) is 11.3. The second kappa shape index (κ2) is 6.88. The number of hydrazine groups is 1. The fraction of sp³-hybridized carbons (Fsp3) is 0.0714. The van der Waals surface area contributed by atoms with Crippen LogP contribution in [0.1, 0.15) is 15.9 Å². The number of nitrogens with zero attached hydrogens (tertiary/aromatic N) is 1. The molecule has 114 valence electrons. The minimum absolute atomic E-state index is 0.0243. The molecule has 1 amide bonds. The SMILES string of the molecule is NNC(=O)c1cc([N+](=O)[O-])ccc1OCc1ccccc1Cl. The summed E-state index contributed by atoms with van der Waals surface area (Å²) in [6.07, 6.45) is 0. The number of nitrogen functional groups attached to an aromatic ring is 1. The van der Waals surface area contributed by atoms with Gasteiger partial charge >= 0.3 is 0 Å². The number of ether oxygens (including phenoxy) is 1. The highest BCUT2D eigenvalue weighted by Gasteiger charge is 2.17. The van der Waals surface area contributed by atoms with Crippen molar-refractivity contribution >= 4 is 23.2 Å². The molecule has 0 unspecified atom stereocenters. The smallest absolute Gasteiger partial charge is 0.270 e. The number of benzene rings is 2. The lowest BCUT2D eigenvalue weighted by Gasteiger charge is -2.11. The average Bonchev–Trinajstić information content (AvgIpc) is 2.53. The minimum Gasteiger partial charge on any atom is -0.488 e. The maximum absolute atomic E-state index is 11.7. The third kappa shape index (κ3) is 3.51. The molecule has 0 atom stereocenters. The van der Waals surface area contributed by atoms with Crippen LogP contribution >= 0.6 is 11.6 Å². The largest absolute Gasteiger partial charge is 0.488 e. The highest BCUT2D eigenvalue weighted by molar-refractivity contribution is 6.31. The van der Waals surface area contributed by atoms with Crippen LogP contribution in [0.25, 0.3) is 0 Å². The Kier molecular flexibility index (Phi) is 4.92. The van der Waals surface area contributed by atoms with E-state index in [9.17, 15) is 14.9 Å². The number of amides is 1. The van der Waals surface area contributed by atoms with Crippen LogP contribution < -0.4 is 16.0 Å². The van der Waals surface area contributed by atoms with Crippen LogP contribution in [0.3, 0.4) is 0 Å². The van der Waals surface area contributed by atoms with E-state index in [1.807, 2.05) is 5.43 Å². The van der Waals surface area contributed by atoms with Gasteiger partial charge in [0.05, 0.1) is 10.5 Å². The first-order valence-corrected chi connectivity index (χ1v) is 6.56. The van der Waals surface area contributed by atoms with E-state index in [1.165, 1.54) is 12.1 Å². The van der Waals surface area contributed by atoms with Gasteiger partial charge < -0.3 is 4.74 Å². The van der Waals surface area contributed by atoms with E-state index in [0.29, 0.717) is 5.02 Å². The molecule has 0 bridgehead atoms. The summed E-state index contributed by atoms with van der Waals surface area (Å²) in [5, 5.41) is 11.3. The van der Waals surface area contributed by atoms with Crippen LogP contribution in [0.5, 0.6) is 5.75 Å². The Morgan fingerprint density at radius 3 is 2.68 bits per heavy atom. The van der Waals surface area contributed by atoms with Gasteiger partial charge in [-0.1, -0.05) is 29.8 Å². The van der Waals surface area contributed by atoms with Gasteiger partial charge in [-0.3, -0.25) is 20.3 Å². The molecule has 0 aromatic heterocycles. The fourth-order valence-electron chi connectivity index (χ4n) is 1.78. The summed E-state index contributed by atoms with van der Waals surface area (Å²) in [6.45, 7) is 0.113. The van der Waals surface area contributed by atoms with Gasteiger partial charge in [0.1, 0.15) is 12.4 Å². The van der Waals surface area contributed by atoms with Crippen LogP contribution in [-0.2, 0) is 6.61 Å². The van der Waals surface area contributed by atoms with Crippen LogP contribution in [0.4, 0.5) is 5.69 Å². The van der Waals surface area contributed by atoms with E-state index in [-0.39, 0.29) is 23.6 Å². The molecule has 2 aromatic rings. The average molecular weight is 322 g/mol. The Morgan fingerprint density at radius 1 is 1.32 bits per heavy atom. The summed E-state index contributed by atoms with van der Waals surface area (Å²) in [5.41, 5.74) is 2.40. The minimum atomic E-state index is -0.683. The number of hydrogen-bond donors (Lipinski definition) is 2. The summed E-state index contributed by atoms with van der Waals surface area (Å²) < 4.78 is 5.54. The second-order valence-electron chi connectivity index (χ2n) is 4.29. The Balaban J connectivity index is 2.28. The second-order valence-corrected chi connectivity index (χ2v) is 4.70. The van der Waals surface area contributed by atoms with Crippen molar-refractivity contribution in [2.45, 2.75) is 6.61 Å². The number of nitro groups is 1. The topological polar surface area (TPSA) is 107 Å². The molecule has 0 saturated heterocycles. The van der Waals surface area contributed by atoms with Crippen molar-refractivity contribution < 1.29 is 14.5 Å². The predicted molar refractivity (Wildman–Crippen MR) is 80.5 cm³/mol. The van der Waals surface area contributed by atoms with Crippen molar-refractivity contribution in [3.63, 3.8) is 0 Å². The van der Waals surface area contributed by atoms with Crippen LogP contribution in [0.15, 0.2) is 42.5 Å². The van der Waals surface area contributed by atoms with Crippen molar-refractivity contribution in [1.82, 2.24) is 5.43 Å². The maximum Gasteiger partial charge on any atom is 0.270 e. The van der Waals surface area contributed by atoms with Gasteiger partial charge in [0.15, 0.2) is 0 Å². The predicted octanol–water partition coefficient (Wildman–Crippen LogP) is 2.43. The van der Waals surface area contributed by atoms with E-state index < -0.39 is 10.8 Å². The van der Waals surface area contributed by atoms with Gasteiger partial charge in [-0.15, -0.1) is 0 Å². The molecule has 0 saturated carbocycles. The number of carbonyl (C=O) groups excluding carboxylic acids is 1. The molecule has 3 N–H and O–H groups in total. The Bertz CT molecular complexity index is 721. The van der Waals surface area contributed by atoms with Crippen molar-refractivity contribution in [3.8, 4) is 5.75 Å². The van der Waals surface area contributed by atoms with Crippen molar-refractivity contribution in [2.24, 2.45) is 5.84 Å². The summed E-state index contributed by atoms with van der Waals surface area (Å²) in [7, 11) is 0. The van der Waals surface area contributed by atoms with Crippen molar-refractivity contribution in [3.05, 3.63) is 68.7 Å². The third-order valence-corrected chi connectivity index (χ3v) is 3.26. The molecular formula is C14H12ClN3O4. The first-order chi connectivity index (χ1) is 10.5. The number of nitrogens with one attached hydrogen (secondary N) is 1. The Hall–Kier alpha value is -2.64. The number of hydrogen-bond acceptors (Lipinski definition) is 5. The molecule has 0 heterocycles. The molecule has 2 aromatic carbocycles. The Labute approximate surface area is 130 Å². The zero-order chi connectivity index (χ0) is 16.1. The van der Waals surface area contributed by atoms with E-state index in [2.05, 4.69) is 0 Å². The molecule has 0 aliphatic rings. The summed E-state index contributed by atoms with van der Waals surface area (Å²) in [5.74, 6) is 4.58. The highest BCUT2D eigenvalue weighted by atomic mass is 35.5. The lowest BCUT2D eigenvalue weighted by atomic mass is 10.1. The van der Waals surface area contributed by atoms with Crippen molar-refractivity contribution in [1.29, 1.82) is 0 Å². The standard InChI is InChI=1S/C14H12ClN3O4/c15-12-4-2-1-3-9(12)8-22-13-6-5-10(18(20)21)7-11(13)14(19)17-16/h1-7H,8,16H2,(H,17,19). The Morgan fingerprint density at radius 2 is 2.05 bits per heavy atom. The number of halogens is 1. The van der Waals surface area contributed by atoms with Crippen LogP contribution in [0.2, 0.25) is 5.02 Å². The molecule has 0 aliphatic heterocycles. The molecule has 22 heavy (non-hydrogen) atoms. The number of non-ortho nitro benzene ring substituents is 1. The van der Waals surface area contributed by atoms with Gasteiger partial charge in [0.25, 0.3) is 11.6 Å². The lowest BCUT2D eigenvalue weighted by molar-refractivity contribution is -0.384. The van der Waals surface area contributed by atoms with Gasteiger partial charge in [0.2, 0.25) is 0 Å². The zero-order valence-corrected chi connectivity index (χ0v) is 12.0. The molecule has 0 fully saturated rings. The van der Waals surface area contributed by atoms with Crippen LogP contribution in [0, 0.1) is 10.1 Å². The summed E-state index contributed by atoms with van der Waals surface area (Å²) in [6, 6.07) is 10.8. The normalized spacial score (nSPS) is 10.1. The molecule has 0 spiro atoms. The molecule has 0 aliphatic carbocycles. The molecule has 7 nitrogen and oxygen atoms in total. The number of nitrogens with two attached hydrogens (primary N) is 1. The number of rotatable bonds is 5. The maximum atomic E-state index is 11.7. The van der Waals surface area contributed by atoms with E-state index in [1.54, 1.807) is 24.3 Å². The molecule has 2 rings (SSSR count). The van der Waals surface area contributed by atoms with Crippen LogP contribution in [-0.4, -0.2) is 10.8 Å². The number of carbonyl (C=O) groups is 1. The first kappa shape index (κ1) is 15.7. The quantitative estimate of drug-likeness (QED) is 0.380. The lowest BCUT2D eigenvalue weighted by Crippen LogP contribution is -2.30. The monoisotopic (exact) mass is 321 g/mol. The first-order valence-electron chi connectivity index (χ1n) is 6.18. The molecule has 0 radical (unpaired) electrons. The third-order valence-electron chi connectivity index (χ3n) is 2.89. The summed E-state index contributed by atoms with van der Waals surface area (Å²) in [4.78, 5) is 21.9. The molecule has 8 heteroatoms. The summed E-state index contributed by atoms with van der Waals surface area (Å²) >= 11 is 6.02. The highest BCUT2D eigenvalue weighted by Crippen LogP contribution is 2.26.